The Kier molecular flexibility index (Phi) is 3.06. The zero-order valence-corrected chi connectivity index (χ0v) is 11.0. The molecule has 4 heteroatoms. The van der Waals surface area contributed by atoms with Gasteiger partial charge in [-0.1, -0.05) is 30.3 Å². The summed E-state index contributed by atoms with van der Waals surface area (Å²) in [5.41, 5.74) is 2.16. The van der Waals surface area contributed by atoms with E-state index < -0.39 is 0 Å². The molecular weight excluding hydrogens is 255 g/mol. The number of hydrogen-bond donors (Lipinski definition) is 1. The highest BCUT2D eigenvalue weighted by Crippen LogP contribution is 2.17. The van der Waals surface area contributed by atoms with Gasteiger partial charge < -0.3 is 0 Å². The van der Waals surface area contributed by atoms with Crippen LogP contribution in [0.25, 0.3) is 10.8 Å². The fraction of sp³-hybridized carbons (Fsp3) is 0.125. The molecule has 0 aliphatic rings. The topological polar surface area (TPSA) is 45.8 Å². The molecule has 0 aliphatic carbocycles. The Morgan fingerprint density at radius 1 is 1.15 bits per heavy atom. The third-order valence-corrected chi connectivity index (χ3v) is 3.37. The molecule has 0 amide bonds. The maximum absolute atomic E-state index is 13.3. The molecule has 1 aromatic heterocycles. The van der Waals surface area contributed by atoms with Gasteiger partial charge in [0.2, 0.25) is 0 Å². The van der Waals surface area contributed by atoms with E-state index in [-0.39, 0.29) is 11.4 Å². The average molecular weight is 268 g/mol. The van der Waals surface area contributed by atoms with Crippen LogP contribution in [0.1, 0.15) is 16.8 Å². The second-order valence-corrected chi connectivity index (χ2v) is 4.81. The number of nitrogens with one attached hydrogen (secondary N) is 1. The molecule has 0 spiro atoms. The van der Waals surface area contributed by atoms with Gasteiger partial charge >= 0.3 is 0 Å². The molecule has 3 aromatic rings. The lowest BCUT2D eigenvalue weighted by Gasteiger charge is -2.06. The van der Waals surface area contributed by atoms with Gasteiger partial charge in [0.25, 0.3) is 5.56 Å². The van der Waals surface area contributed by atoms with Gasteiger partial charge in [-0.2, -0.15) is 5.10 Å². The van der Waals surface area contributed by atoms with Crippen molar-refractivity contribution in [2.24, 2.45) is 0 Å². The second kappa shape index (κ2) is 4.89. The lowest BCUT2D eigenvalue weighted by molar-refractivity contribution is 0.617. The van der Waals surface area contributed by atoms with Crippen LogP contribution in [0.15, 0.2) is 47.3 Å². The fourth-order valence-electron chi connectivity index (χ4n) is 2.32. The van der Waals surface area contributed by atoms with Crippen molar-refractivity contribution in [2.45, 2.75) is 13.3 Å². The normalized spacial score (nSPS) is 10.9. The van der Waals surface area contributed by atoms with E-state index in [1.165, 1.54) is 6.07 Å². The van der Waals surface area contributed by atoms with E-state index in [9.17, 15) is 9.18 Å². The van der Waals surface area contributed by atoms with E-state index in [4.69, 9.17) is 0 Å². The second-order valence-electron chi connectivity index (χ2n) is 4.81. The number of rotatable bonds is 2. The molecule has 1 N–H and O–H groups in total. The highest BCUT2D eigenvalue weighted by Gasteiger charge is 2.07. The summed E-state index contributed by atoms with van der Waals surface area (Å²) < 4.78 is 13.3. The summed E-state index contributed by atoms with van der Waals surface area (Å²) in [5, 5.41) is 8.09. The number of H-pyrrole nitrogens is 1. The molecule has 0 bridgehead atoms. The molecule has 1 heterocycles. The standard InChI is InChI=1S/C16H13FN2O/c1-10-8-11(6-7-14(10)17)9-15-12-4-2-3-5-13(12)16(20)19-18-15/h2-8H,9H2,1H3,(H,19,20). The zero-order valence-electron chi connectivity index (χ0n) is 11.0. The molecular formula is C16H13FN2O. The van der Waals surface area contributed by atoms with Gasteiger partial charge in [0.1, 0.15) is 5.82 Å². The quantitative estimate of drug-likeness (QED) is 0.776. The molecule has 0 saturated carbocycles. The van der Waals surface area contributed by atoms with Crippen LogP contribution in [0.3, 0.4) is 0 Å². The first-order chi connectivity index (χ1) is 9.65. The smallest absolute Gasteiger partial charge is 0.267 e. The van der Waals surface area contributed by atoms with E-state index >= 15 is 0 Å². The van der Waals surface area contributed by atoms with Crippen LogP contribution >= 0.6 is 0 Å². The lowest BCUT2D eigenvalue weighted by atomic mass is 10.0. The predicted molar refractivity (Wildman–Crippen MR) is 76.3 cm³/mol. The molecule has 100 valence electrons. The van der Waals surface area contributed by atoms with Crippen molar-refractivity contribution in [1.82, 2.24) is 10.2 Å². The molecule has 0 unspecified atom stereocenters. The first kappa shape index (κ1) is 12.5. The molecule has 2 aromatic carbocycles. The first-order valence-corrected chi connectivity index (χ1v) is 6.36. The Morgan fingerprint density at radius 2 is 1.90 bits per heavy atom. The Balaban J connectivity index is 2.09. The number of aromatic nitrogens is 2. The highest BCUT2D eigenvalue weighted by molar-refractivity contribution is 5.83. The largest absolute Gasteiger partial charge is 0.272 e. The van der Waals surface area contributed by atoms with Crippen LogP contribution in [0.2, 0.25) is 0 Å². The zero-order chi connectivity index (χ0) is 14.1. The molecule has 3 rings (SSSR count). The number of hydrogen-bond acceptors (Lipinski definition) is 2. The van der Waals surface area contributed by atoms with Gasteiger partial charge in [-0.05, 0) is 30.2 Å². The van der Waals surface area contributed by atoms with Crippen LogP contribution < -0.4 is 5.56 Å². The van der Waals surface area contributed by atoms with Gasteiger partial charge in [-0.25, -0.2) is 9.49 Å². The maximum Gasteiger partial charge on any atom is 0.272 e. The van der Waals surface area contributed by atoms with E-state index in [0.717, 1.165) is 16.6 Å². The van der Waals surface area contributed by atoms with Crippen molar-refractivity contribution >= 4 is 10.8 Å². The summed E-state index contributed by atoms with van der Waals surface area (Å²) in [4.78, 5) is 11.7. The Labute approximate surface area is 115 Å². The lowest BCUT2D eigenvalue weighted by Crippen LogP contribution is -2.11. The van der Waals surface area contributed by atoms with Gasteiger partial charge in [-0.15, -0.1) is 0 Å². The number of fused-ring (bicyclic) bond motifs is 1. The molecule has 0 fully saturated rings. The van der Waals surface area contributed by atoms with Gasteiger partial charge in [0, 0.05) is 11.8 Å². The summed E-state index contributed by atoms with van der Waals surface area (Å²) in [7, 11) is 0. The Morgan fingerprint density at radius 3 is 2.65 bits per heavy atom. The summed E-state index contributed by atoms with van der Waals surface area (Å²) >= 11 is 0. The van der Waals surface area contributed by atoms with Crippen LogP contribution in [0.4, 0.5) is 4.39 Å². The van der Waals surface area contributed by atoms with Crippen molar-refractivity contribution in [3.8, 4) is 0 Å². The molecule has 0 atom stereocenters. The molecule has 0 saturated heterocycles. The molecule has 0 aliphatic heterocycles. The summed E-state index contributed by atoms with van der Waals surface area (Å²) in [5.74, 6) is -0.215. The number of nitrogens with zero attached hydrogens (tertiary/aromatic N) is 1. The minimum atomic E-state index is -0.215. The maximum atomic E-state index is 13.3. The first-order valence-electron chi connectivity index (χ1n) is 6.36. The fourth-order valence-corrected chi connectivity index (χ4v) is 2.32. The third kappa shape index (κ3) is 2.20. The number of aromatic amines is 1. The van der Waals surface area contributed by atoms with Crippen molar-refractivity contribution in [3.63, 3.8) is 0 Å². The molecule has 20 heavy (non-hydrogen) atoms. The minimum Gasteiger partial charge on any atom is -0.267 e. The summed E-state index contributed by atoms with van der Waals surface area (Å²) in [6, 6.07) is 12.4. The van der Waals surface area contributed by atoms with E-state index in [1.54, 1.807) is 25.1 Å². The van der Waals surface area contributed by atoms with Crippen molar-refractivity contribution in [3.05, 3.63) is 75.5 Å². The summed E-state index contributed by atoms with van der Waals surface area (Å²) in [6.07, 6.45) is 0.554. The van der Waals surface area contributed by atoms with Crippen LogP contribution in [0, 0.1) is 12.7 Å². The SMILES string of the molecule is Cc1cc(Cc2n[nH]c(=O)c3ccccc23)ccc1F. The van der Waals surface area contributed by atoms with Gasteiger partial charge in [-0.3, -0.25) is 4.79 Å². The van der Waals surface area contributed by atoms with Crippen molar-refractivity contribution < 1.29 is 4.39 Å². The van der Waals surface area contributed by atoms with Crippen LogP contribution in [-0.2, 0) is 6.42 Å². The third-order valence-electron chi connectivity index (χ3n) is 3.37. The predicted octanol–water partition coefficient (Wildman–Crippen LogP) is 2.96. The van der Waals surface area contributed by atoms with Gasteiger partial charge in [0.05, 0.1) is 11.1 Å². The van der Waals surface area contributed by atoms with E-state index in [1.807, 2.05) is 18.2 Å². The van der Waals surface area contributed by atoms with Crippen molar-refractivity contribution in [2.75, 3.05) is 0 Å². The van der Waals surface area contributed by atoms with E-state index in [0.29, 0.717) is 17.4 Å². The average Bonchev–Trinajstić information content (AvgIpc) is 2.46. The van der Waals surface area contributed by atoms with Gasteiger partial charge in [0.15, 0.2) is 0 Å². The Hall–Kier alpha value is -2.49. The van der Waals surface area contributed by atoms with Crippen molar-refractivity contribution in [1.29, 1.82) is 0 Å². The molecule has 0 radical (unpaired) electrons. The number of benzene rings is 2. The van der Waals surface area contributed by atoms with E-state index in [2.05, 4.69) is 10.2 Å². The summed E-state index contributed by atoms with van der Waals surface area (Å²) in [6.45, 7) is 1.73. The Bertz CT molecular complexity index is 839. The monoisotopic (exact) mass is 268 g/mol. The number of halogens is 1. The minimum absolute atomic E-state index is 0.195. The highest BCUT2D eigenvalue weighted by atomic mass is 19.1. The number of aryl methyl sites for hydroxylation is 1. The van der Waals surface area contributed by atoms with Crippen LogP contribution in [0.5, 0.6) is 0 Å². The van der Waals surface area contributed by atoms with Crippen LogP contribution in [-0.4, -0.2) is 10.2 Å². The molecule has 3 nitrogen and oxygen atoms in total.